The van der Waals surface area contributed by atoms with Crippen molar-refractivity contribution >= 4 is 29.0 Å². The maximum absolute atomic E-state index is 13.3. The molecule has 2 N–H and O–H groups in total. The van der Waals surface area contributed by atoms with Crippen LogP contribution < -0.4 is 5.32 Å². The van der Waals surface area contributed by atoms with Crippen molar-refractivity contribution in [1.82, 2.24) is 5.32 Å². The van der Waals surface area contributed by atoms with Crippen LogP contribution in [0.25, 0.3) is 0 Å². The van der Waals surface area contributed by atoms with Crippen molar-refractivity contribution in [1.29, 1.82) is 0 Å². The molecule has 2 aromatic rings. The molecule has 1 aromatic carbocycles. The van der Waals surface area contributed by atoms with Crippen molar-refractivity contribution in [2.75, 3.05) is 6.54 Å². The number of fused-ring (bicyclic) bond motifs is 1. The van der Waals surface area contributed by atoms with E-state index in [2.05, 4.69) is 52.1 Å². The van der Waals surface area contributed by atoms with Gasteiger partial charge in [-0.25, -0.2) is 0 Å². The first-order chi connectivity index (χ1) is 16.5. The van der Waals surface area contributed by atoms with E-state index in [1.807, 2.05) is 0 Å². The summed E-state index contributed by atoms with van der Waals surface area (Å²) in [5.41, 5.74) is 7.70. The Bertz CT molecular complexity index is 1110. The predicted octanol–water partition coefficient (Wildman–Crippen LogP) is 5.65. The number of Topliss-reactive ketones (excluding diaryl/α,β-unsaturated/α-hetero) is 1. The number of aliphatic carboxylic acids is 1. The first kappa shape index (κ1) is 27.1. The number of benzene rings is 1. The van der Waals surface area contributed by atoms with Crippen LogP contribution in [0.15, 0.2) is 12.1 Å². The fraction of sp³-hybridized carbons (Fsp3) is 0.552. The van der Waals surface area contributed by atoms with Crippen molar-refractivity contribution < 1.29 is 19.5 Å². The summed E-state index contributed by atoms with van der Waals surface area (Å²) in [5.74, 6) is -1.03. The second kappa shape index (κ2) is 11.5. The summed E-state index contributed by atoms with van der Waals surface area (Å²) >= 11 is 1.72. The van der Waals surface area contributed by atoms with E-state index in [9.17, 15) is 14.4 Å². The van der Waals surface area contributed by atoms with Crippen LogP contribution in [0.5, 0.6) is 0 Å². The Labute approximate surface area is 213 Å². The Hall–Kier alpha value is -2.47. The maximum atomic E-state index is 13.3. The molecule has 1 aromatic heterocycles. The van der Waals surface area contributed by atoms with E-state index in [4.69, 9.17) is 5.11 Å². The van der Waals surface area contributed by atoms with Crippen LogP contribution in [0.1, 0.15) is 94.9 Å². The molecule has 0 spiro atoms. The van der Waals surface area contributed by atoms with Gasteiger partial charge in [-0.05, 0) is 90.7 Å². The highest BCUT2D eigenvalue weighted by molar-refractivity contribution is 7.14. The second-order valence-corrected chi connectivity index (χ2v) is 11.6. The number of carboxylic acids is 1. The SMILES string of the molecule is CCc1cc(CCC(=O)c2sc(CC)c3c2CCC(C)(C)C3)cc(C)c1CCC(=O)NCC(=O)O. The summed E-state index contributed by atoms with van der Waals surface area (Å²) in [5, 5.41) is 11.1. The molecule has 0 saturated carbocycles. The van der Waals surface area contributed by atoms with Gasteiger partial charge in [0.05, 0.1) is 4.88 Å². The van der Waals surface area contributed by atoms with Gasteiger partial charge in [0.25, 0.3) is 0 Å². The fourth-order valence-electron chi connectivity index (χ4n) is 5.22. The quantitative estimate of drug-likeness (QED) is 0.393. The minimum atomic E-state index is -1.04. The molecular formula is C29H39NO4S. The highest BCUT2D eigenvalue weighted by atomic mass is 32.1. The lowest BCUT2D eigenvalue weighted by Gasteiger charge is -2.30. The lowest BCUT2D eigenvalue weighted by molar-refractivity contribution is -0.137. The van der Waals surface area contributed by atoms with Crippen molar-refractivity contribution in [2.24, 2.45) is 5.41 Å². The van der Waals surface area contributed by atoms with Gasteiger partial charge in [0, 0.05) is 17.7 Å². The van der Waals surface area contributed by atoms with Crippen molar-refractivity contribution in [3.63, 3.8) is 0 Å². The average molecular weight is 498 g/mol. The number of thiophene rings is 1. The summed E-state index contributed by atoms with van der Waals surface area (Å²) in [4.78, 5) is 38.3. The fourth-order valence-corrected chi connectivity index (χ4v) is 6.50. The molecule has 0 radical (unpaired) electrons. The number of nitrogens with one attached hydrogen (secondary N) is 1. The molecule has 1 heterocycles. The van der Waals surface area contributed by atoms with Gasteiger partial charge in [0.15, 0.2) is 5.78 Å². The van der Waals surface area contributed by atoms with E-state index in [-0.39, 0.29) is 24.7 Å². The molecule has 1 aliphatic rings. The third-order valence-electron chi connectivity index (χ3n) is 7.17. The Kier molecular flexibility index (Phi) is 8.92. The molecule has 3 rings (SSSR count). The van der Waals surface area contributed by atoms with Crippen LogP contribution in [-0.4, -0.2) is 29.3 Å². The zero-order chi connectivity index (χ0) is 25.8. The van der Waals surface area contributed by atoms with Crippen LogP contribution in [0.4, 0.5) is 0 Å². The topological polar surface area (TPSA) is 83.5 Å². The normalized spacial score (nSPS) is 14.4. The summed E-state index contributed by atoms with van der Waals surface area (Å²) in [6.07, 6.45) is 7.13. The monoisotopic (exact) mass is 497 g/mol. The molecule has 0 fully saturated rings. The minimum Gasteiger partial charge on any atom is -0.480 e. The Balaban J connectivity index is 1.69. The zero-order valence-corrected chi connectivity index (χ0v) is 22.6. The van der Waals surface area contributed by atoms with Crippen molar-refractivity contribution in [3.8, 4) is 0 Å². The lowest BCUT2D eigenvalue weighted by Crippen LogP contribution is -2.29. The van der Waals surface area contributed by atoms with Gasteiger partial charge in [0.1, 0.15) is 6.54 Å². The maximum Gasteiger partial charge on any atom is 0.322 e. The first-order valence-electron chi connectivity index (χ1n) is 12.8. The van der Waals surface area contributed by atoms with Gasteiger partial charge in [-0.15, -0.1) is 11.3 Å². The van der Waals surface area contributed by atoms with Crippen LogP contribution >= 0.6 is 11.3 Å². The van der Waals surface area contributed by atoms with Gasteiger partial charge < -0.3 is 10.4 Å². The molecule has 0 unspecified atom stereocenters. The third-order valence-corrected chi connectivity index (χ3v) is 8.63. The standard InChI is InChI=1S/C29H39NO4S/c1-6-20-15-19(14-18(3)21(20)9-11-26(32)30-17-27(33)34)8-10-24(31)28-22-12-13-29(4,5)16-23(22)25(7-2)35-28/h14-15H,6-13,16-17H2,1-5H3,(H,30,32)(H,33,34). The van der Waals surface area contributed by atoms with Crippen molar-refractivity contribution in [2.45, 2.75) is 92.4 Å². The molecule has 6 heteroatoms. The van der Waals surface area contributed by atoms with E-state index in [0.29, 0.717) is 24.7 Å². The smallest absolute Gasteiger partial charge is 0.322 e. The third kappa shape index (κ3) is 6.81. The van der Waals surface area contributed by atoms with Gasteiger partial charge in [-0.3, -0.25) is 14.4 Å². The Morgan fingerprint density at radius 2 is 1.80 bits per heavy atom. The molecular weight excluding hydrogens is 458 g/mol. The summed E-state index contributed by atoms with van der Waals surface area (Å²) < 4.78 is 0. The number of aryl methyl sites for hydroxylation is 4. The van der Waals surface area contributed by atoms with Gasteiger partial charge >= 0.3 is 5.97 Å². The average Bonchev–Trinajstić information content (AvgIpc) is 3.16. The van der Waals surface area contributed by atoms with E-state index in [1.165, 1.54) is 21.6 Å². The molecule has 0 bridgehead atoms. The predicted molar refractivity (Wildman–Crippen MR) is 142 cm³/mol. The number of rotatable bonds is 11. The zero-order valence-electron chi connectivity index (χ0n) is 21.8. The summed E-state index contributed by atoms with van der Waals surface area (Å²) in [6.45, 7) is 10.6. The molecule has 190 valence electrons. The number of carbonyl (C=O) groups is 3. The molecule has 0 saturated heterocycles. The first-order valence-corrected chi connectivity index (χ1v) is 13.6. The number of hydrogen-bond acceptors (Lipinski definition) is 4. The lowest BCUT2D eigenvalue weighted by atomic mass is 9.74. The van der Waals surface area contributed by atoms with Crippen LogP contribution in [-0.2, 0) is 48.1 Å². The van der Waals surface area contributed by atoms with Gasteiger partial charge in [0.2, 0.25) is 5.91 Å². The van der Waals surface area contributed by atoms with E-state index in [1.54, 1.807) is 11.3 Å². The second-order valence-electron chi connectivity index (χ2n) is 10.5. The molecule has 35 heavy (non-hydrogen) atoms. The number of hydrogen-bond donors (Lipinski definition) is 2. The largest absolute Gasteiger partial charge is 0.480 e. The molecule has 5 nitrogen and oxygen atoms in total. The number of ketones is 1. The Morgan fingerprint density at radius 1 is 1.06 bits per heavy atom. The van der Waals surface area contributed by atoms with Crippen LogP contribution in [0.3, 0.4) is 0 Å². The van der Waals surface area contributed by atoms with Gasteiger partial charge in [-0.1, -0.05) is 39.8 Å². The highest BCUT2D eigenvalue weighted by Gasteiger charge is 2.31. The minimum absolute atomic E-state index is 0.252. The van der Waals surface area contributed by atoms with Crippen molar-refractivity contribution in [3.05, 3.63) is 55.3 Å². The molecule has 0 aliphatic heterocycles. The van der Waals surface area contributed by atoms with E-state index in [0.717, 1.165) is 53.7 Å². The molecule has 1 aliphatic carbocycles. The summed E-state index contributed by atoms with van der Waals surface area (Å²) in [6, 6.07) is 4.31. The highest BCUT2D eigenvalue weighted by Crippen LogP contribution is 2.42. The molecule has 0 atom stereocenters. The number of carbonyl (C=O) groups excluding carboxylic acids is 2. The Morgan fingerprint density at radius 3 is 2.46 bits per heavy atom. The number of amides is 1. The van der Waals surface area contributed by atoms with E-state index < -0.39 is 5.97 Å². The van der Waals surface area contributed by atoms with Crippen LogP contribution in [0, 0.1) is 12.3 Å². The van der Waals surface area contributed by atoms with Gasteiger partial charge in [-0.2, -0.15) is 0 Å². The number of carboxylic acid groups (broad SMARTS) is 1. The summed E-state index contributed by atoms with van der Waals surface area (Å²) in [7, 11) is 0. The van der Waals surface area contributed by atoms with E-state index >= 15 is 0 Å². The van der Waals surface area contributed by atoms with Crippen LogP contribution in [0.2, 0.25) is 0 Å². The molecule has 1 amide bonds.